The Bertz CT molecular complexity index is 815. The average Bonchev–Trinajstić information content (AvgIpc) is 2.64. The van der Waals surface area contributed by atoms with Crippen molar-refractivity contribution in [2.24, 2.45) is 0 Å². The van der Waals surface area contributed by atoms with Gasteiger partial charge in [-0.15, -0.1) is 0 Å². The lowest BCUT2D eigenvalue weighted by Gasteiger charge is -2.16. The van der Waals surface area contributed by atoms with E-state index in [9.17, 15) is 9.59 Å². The van der Waals surface area contributed by atoms with Gasteiger partial charge in [0.2, 0.25) is 0 Å². The molecule has 2 aromatic rings. The summed E-state index contributed by atoms with van der Waals surface area (Å²) in [6, 6.07) is 8.52. The van der Waals surface area contributed by atoms with Gasteiger partial charge >= 0.3 is 6.03 Å². The number of nitrogens with one attached hydrogen (secondary N) is 2. The summed E-state index contributed by atoms with van der Waals surface area (Å²) in [4.78, 5) is 24.1. The maximum Gasteiger partial charge on any atom is 0.319 e. The summed E-state index contributed by atoms with van der Waals surface area (Å²) in [7, 11) is 0. The van der Waals surface area contributed by atoms with Crippen LogP contribution in [0, 0.1) is 0 Å². The van der Waals surface area contributed by atoms with Gasteiger partial charge in [-0.2, -0.15) is 5.10 Å². The Morgan fingerprint density at radius 1 is 1.23 bits per heavy atom. The lowest BCUT2D eigenvalue weighted by molar-refractivity contribution is 0.251. The molecule has 0 unspecified atom stereocenters. The highest BCUT2D eigenvalue weighted by Crippen LogP contribution is 2.17. The molecule has 1 aliphatic carbocycles. The van der Waals surface area contributed by atoms with E-state index < -0.39 is 0 Å². The minimum Gasteiger partial charge on any atom is -0.494 e. The van der Waals surface area contributed by atoms with Gasteiger partial charge in [0.15, 0.2) is 0 Å². The third kappa shape index (κ3) is 4.62. The number of rotatable bonds is 6. The van der Waals surface area contributed by atoms with Gasteiger partial charge in [-0.05, 0) is 62.4 Å². The van der Waals surface area contributed by atoms with Crippen LogP contribution < -0.4 is 20.9 Å². The molecule has 3 rings (SSSR count). The van der Waals surface area contributed by atoms with E-state index in [1.54, 1.807) is 30.3 Å². The van der Waals surface area contributed by atoms with E-state index in [4.69, 9.17) is 4.74 Å². The number of fused-ring (bicyclic) bond motifs is 1. The van der Waals surface area contributed by atoms with Crippen LogP contribution in [-0.4, -0.2) is 29.0 Å². The number of nitrogens with zero attached hydrogens (tertiary/aromatic N) is 2. The molecular weight excluding hydrogens is 332 g/mol. The molecule has 0 radical (unpaired) electrons. The number of carbonyl (C=O) groups excluding carboxylic acids is 1. The number of hydrogen-bond acceptors (Lipinski definition) is 4. The average molecular weight is 356 g/mol. The quantitative estimate of drug-likeness (QED) is 0.832. The van der Waals surface area contributed by atoms with Crippen molar-refractivity contribution in [1.82, 2.24) is 15.1 Å². The van der Waals surface area contributed by atoms with Crippen LogP contribution >= 0.6 is 0 Å². The maximum absolute atomic E-state index is 12.1. The third-order valence-corrected chi connectivity index (χ3v) is 4.31. The Hall–Kier alpha value is -2.83. The molecule has 1 heterocycles. The number of carbonyl (C=O) groups is 1. The number of hydrogen-bond donors (Lipinski definition) is 2. The summed E-state index contributed by atoms with van der Waals surface area (Å²) < 4.78 is 6.79. The van der Waals surface area contributed by atoms with E-state index in [2.05, 4.69) is 15.7 Å². The van der Waals surface area contributed by atoms with Gasteiger partial charge in [0.25, 0.3) is 5.56 Å². The minimum absolute atomic E-state index is 0.112. The first-order valence-electron chi connectivity index (χ1n) is 9.03. The van der Waals surface area contributed by atoms with Crippen LogP contribution in [0.4, 0.5) is 10.5 Å². The van der Waals surface area contributed by atoms with Crippen LogP contribution in [0.1, 0.15) is 31.0 Å². The zero-order chi connectivity index (χ0) is 18.4. The van der Waals surface area contributed by atoms with Crippen molar-refractivity contribution in [3.63, 3.8) is 0 Å². The van der Waals surface area contributed by atoms with Crippen molar-refractivity contribution in [2.75, 3.05) is 18.5 Å². The fraction of sp³-hybridized carbons (Fsp3) is 0.421. The van der Waals surface area contributed by atoms with Crippen LogP contribution in [0.2, 0.25) is 0 Å². The second-order valence-electron chi connectivity index (χ2n) is 6.22. The number of aromatic nitrogens is 2. The van der Waals surface area contributed by atoms with Crippen LogP contribution in [0.25, 0.3) is 0 Å². The van der Waals surface area contributed by atoms with E-state index in [0.717, 1.165) is 42.7 Å². The first kappa shape index (κ1) is 18.0. The molecule has 0 bridgehead atoms. The normalized spacial score (nSPS) is 13.0. The predicted molar refractivity (Wildman–Crippen MR) is 99.8 cm³/mol. The monoisotopic (exact) mass is 356 g/mol. The Kier molecular flexibility index (Phi) is 5.88. The molecule has 0 spiro atoms. The molecule has 7 heteroatoms. The Balaban J connectivity index is 1.50. The van der Waals surface area contributed by atoms with E-state index in [-0.39, 0.29) is 11.6 Å². The molecule has 26 heavy (non-hydrogen) atoms. The Labute approximate surface area is 152 Å². The molecule has 0 atom stereocenters. The van der Waals surface area contributed by atoms with Gasteiger partial charge in [-0.1, -0.05) is 0 Å². The number of urea groups is 1. The minimum atomic E-state index is -0.319. The smallest absolute Gasteiger partial charge is 0.319 e. The standard InChI is InChI=1S/C19H24N4O3/c1-2-26-16-9-7-15(8-10-16)21-19(25)20-11-12-23-18(24)13-14-5-3-4-6-17(14)22-23/h7-10,13H,2-6,11-12H2,1H3,(H2,20,21,25). The van der Waals surface area contributed by atoms with Crippen LogP contribution in [-0.2, 0) is 19.4 Å². The van der Waals surface area contributed by atoms with E-state index in [0.29, 0.717) is 25.4 Å². The molecule has 0 saturated carbocycles. The van der Waals surface area contributed by atoms with Gasteiger partial charge in [-0.25, -0.2) is 9.48 Å². The largest absolute Gasteiger partial charge is 0.494 e. The Morgan fingerprint density at radius 2 is 2.00 bits per heavy atom. The van der Waals surface area contributed by atoms with Crippen LogP contribution in [0.5, 0.6) is 5.75 Å². The fourth-order valence-corrected chi connectivity index (χ4v) is 3.01. The number of anilines is 1. The number of aryl methyl sites for hydroxylation is 2. The highest BCUT2D eigenvalue weighted by atomic mass is 16.5. The van der Waals surface area contributed by atoms with E-state index in [1.807, 2.05) is 6.92 Å². The van der Waals surface area contributed by atoms with Crippen molar-refractivity contribution < 1.29 is 9.53 Å². The second-order valence-corrected chi connectivity index (χ2v) is 6.22. The van der Waals surface area contributed by atoms with E-state index in [1.165, 1.54) is 4.68 Å². The molecule has 2 N–H and O–H groups in total. The predicted octanol–water partition coefficient (Wildman–Crippen LogP) is 2.34. The van der Waals surface area contributed by atoms with Crippen molar-refractivity contribution >= 4 is 11.7 Å². The highest BCUT2D eigenvalue weighted by Gasteiger charge is 2.13. The van der Waals surface area contributed by atoms with Crippen molar-refractivity contribution in [1.29, 1.82) is 0 Å². The Morgan fingerprint density at radius 3 is 2.77 bits per heavy atom. The first-order valence-corrected chi connectivity index (χ1v) is 9.03. The maximum atomic E-state index is 12.1. The SMILES string of the molecule is CCOc1ccc(NC(=O)NCCn2nc3c(cc2=O)CCCC3)cc1. The number of amides is 2. The summed E-state index contributed by atoms with van der Waals surface area (Å²) >= 11 is 0. The molecule has 138 valence electrons. The number of benzene rings is 1. The third-order valence-electron chi connectivity index (χ3n) is 4.31. The zero-order valence-corrected chi connectivity index (χ0v) is 15.0. The molecule has 0 aliphatic heterocycles. The van der Waals surface area contributed by atoms with Gasteiger partial charge < -0.3 is 15.4 Å². The lowest BCUT2D eigenvalue weighted by Crippen LogP contribution is -2.35. The van der Waals surface area contributed by atoms with Gasteiger partial charge in [0.05, 0.1) is 18.8 Å². The lowest BCUT2D eigenvalue weighted by atomic mass is 9.97. The zero-order valence-electron chi connectivity index (χ0n) is 15.0. The number of ether oxygens (including phenoxy) is 1. The molecule has 1 aliphatic rings. The summed E-state index contributed by atoms with van der Waals surface area (Å²) in [5.41, 5.74) is 2.64. The van der Waals surface area contributed by atoms with E-state index >= 15 is 0 Å². The second kappa shape index (κ2) is 8.51. The summed E-state index contributed by atoms with van der Waals surface area (Å²) in [6.45, 7) is 3.20. The van der Waals surface area contributed by atoms with Crippen molar-refractivity contribution in [3.05, 3.63) is 51.9 Å². The molecule has 2 amide bonds. The molecule has 0 saturated heterocycles. The van der Waals surface area contributed by atoms with Crippen LogP contribution in [0.3, 0.4) is 0 Å². The molecule has 1 aromatic heterocycles. The topological polar surface area (TPSA) is 85.2 Å². The highest BCUT2D eigenvalue weighted by molar-refractivity contribution is 5.89. The fourth-order valence-electron chi connectivity index (χ4n) is 3.01. The van der Waals surface area contributed by atoms with Gasteiger partial charge in [0, 0.05) is 18.3 Å². The molecule has 7 nitrogen and oxygen atoms in total. The molecule has 1 aromatic carbocycles. The summed E-state index contributed by atoms with van der Waals surface area (Å²) in [5.74, 6) is 0.760. The van der Waals surface area contributed by atoms with Gasteiger partial charge in [0.1, 0.15) is 5.75 Å². The summed E-state index contributed by atoms with van der Waals surface area (Å²) in [5, 5.41) is 9.93. The summed E-state index contributed by atoms with van der Waals surface area (Å²) in [6.07, 6.45) is 4.08. The van der Waals surface area contributed by atoms with Crippen molar-refractivity contribution in [3.8, 4) is 5.75 Å². The first-order chi connectivity index (χ1) is 12.7. The van der Waals surface area contributed by atoms with Gasteiger partial charge in [-0.3, -0.25) is 4.79 Å². The molecular formula is C19H24N4O3. The van der Waals surface area contributed by atoms with Crippen molar-refractivity contribution in [2.45, 2.75) is 39.2 Å². The van der Waals surface area contributed by atoms with Crippen LogP contribution in [0.15, 0.2) is 35.1 Å². The molecule has 0 fully saturated rings.